The number of halogens is 1. The minimum absolute atomic E-state index is 0.531. The largest absolute Gasteiger partial charge is 0.495 e. The van der Waals surface area contributed by atoms with Gasteiger partial charge in [-0.3, -0.25) is 0 Å². The van der Waals surface area contributed by atoms with E-state index in [0.717, 1.165) is 5.56 Å². The smallest absolute Gasteiger partial charge is 0.137 e. The molecule has 2 N–H and O–H groups in total. The minimum Gasteiger partial charge on any atom is -0.495 e. The zero-order chi connectivity index (χ0) is 9.68. The Morgan fingerprint density at radius 1 is 1.54 bits per heavy atom. The number of nitrogens with two attached hydrogens (primary N) is 1. The summed E-state index contributed by atoms with van der Waals surface area (Å²) in [5.74, 6) is 0.687. The summed E-state index contributed by atoms with van der Waals surface area (Å²) in [5, 5.41) is 0.613. The number of hydrogen-bond acceptors (Lipinski definition) is 2. The predicted octanol–water partition coefficient (Wildman–Crippen LogP) is 2.32. The van der Waals surface area contributed by atoms with Gasteiger partial charge in [0, 0.05) is 6.54 Å². The molecule has 0 aliphatic heterocycles. The first-order chi connectivity index (χ1) is 6.27. The van der Waals surface area contributed by atoms with Gasteiger partial charge in [-0.1, -0.05) is 29.8 Å². The fourth-order valence-corrected chi connectivity index (χ4v) is 1.26. The maximum absolute atomic E-state index is 5.92. The molecule has 2 nitrogen and oxygen atoms in total. The minimum atomic E-state index is 0.531. The van der Waals surface area contributed by atoms with Gasteiger partial charge in [0.15, 0.2) is 0 Å². The van der Waals surface area contributed by atoms with Crippen LogP contribution in [0.15, 0.2) is 24.3 Å². The molecule has 1 aromatic carbocycles. The van der Waals surface area contributed by atoms with Crippen molar-refractivity contribution in [1.29, 1.82) is 0 Å². The summed E-state index contributed by atoms with van der Waals surface area (Å²) >= 11 is 5.92. The van der Waals surface area contributed by atoms with E-state index in [-0.39, 0.29) is 0 Å². The molecule has 70 valence electrons. The summed E-state index contributed by atoms with van der Waals surface area (Å²) in [5.41, 5.74) is 6.35. The van der Waals surface area contributed by atoms with E-state index in [1.165, 1.54) is 0 Å². The number of rotatable bonds is 3. The molecule has 0 saturated heterocycles. The second kappa shape index (κ2) is 4.90. The van der Waals surface area contributed by atoms with Crippen LogP contribution in [0.1, 0.15) is 5.56 Å². The van der Waals surface area contributed by atoms with E-state index in [9.17, 15) is 0 Å². The van der Waals surface area contributed by atoms with Gasteiger partial charge in [-0.2, -0.15) is 0 Å². The SMILES string of the molecule is COc1ccc(C=CCN)cc1Cl. The van der Waals surface area contributed by atoms with Crippen molar-refractivity contribution in [2.75, 3.05) is 13.7 Å². The molecule has 1 rings (SSSR count). The molecule has 1 aromatic rings. The highest BCUT2D eigenvalue weighted by Crippen LogP contribution is 2.25. The molecule has 0 amide bonds. The van der Waals surface area contributed by atoms with Crippen molar-refractivity contribution in [1.82, 2.24) is 0 Å². The normalized spacial score (nSPS) is 10.7. The molecule has 0 heterocycles. The summed E-state index contributed by atoms with van der Waals surface area (Å²) in [6, 6.07) is 5.60. The van der Waals surface area contributed by atoms with E-state index in [2.05, 4.69) is 0 Å². The van der Waals surface area contributed by atoms with E-state index in [0.29, 0.717) is 17.3 Å². The second-order valence-corrected chi connectivity index (χ2v) is 2.94. The number of hydrogen-bond donors (Lipinski definition) is 1. The van der Waals surface area contributed by atoms with Crippen LogP contribution in [0.25, 0.3) is 6.08 Å². The molecule has 0 unspecified atom stereocenters. The molecule has 0 radical (unpaired) electrons. The number of methoxy groups -OCH3 is 1. The van der Waals surface area contributed by atoms with E-state index in [1.54, 1.807) is 7.11 Å². The second-order valence-electron chi connectivity index (χ2n) is 2.53. The van der Waals surface area contributed by atoms with Gasteiger partial charge in [0.1, 0.15) is 5.75 Å². The molecule has 0 aromatic heterocycles. The van der Waals surface area contributed by atoms with Gasteiger partial charge in [-0.25, -0.2) is 0 Å². The highest BCUT2D eigenvalue weighted by Gasteiger charge is 1.98. The Bertz CT molecular complexity index is 310. The van der Waals surface area contributed by atoms with Crippen molar-refractivity contribution in [3.05, 3.63) is 34.9 Å². The van der Waals surface area contributed by atoms with Crippen LogP contribution in [0.4, 0.5) is 0 Å². The molecule has 3 heteroatoms. The lowest BCUT2D eigenvalue weighted by Gasteiger charge is -2.02. The van der Waals surface area contributed by atoms with Crippen LogP contribution in [-0.4, -0.2) is 13.7 Å². The summed E-state index contributed by atoms with van der Waals surface area (Å²) < 4.78 is 5.02. The molecular weight excluding hydrogens is 186 g/mol. The van der Waals surface area contributed by atoms with E-state index < -0.39 is 0 Å². The van der Waals surface area contributed by atoms with Gasteiger partial charge in [0.2, 0.25) is 0 Å². The van der Waals surface area contributed by atoms with Crippen LogP contribution in [0.2, 0.25) is 5.02 Å². The maximum atomic E-state index is 5.92. The molecule has 13 heavy (non-hydrogen) atoms. The summed E-state index contributed by atoms with van der Waals surface area (Å²) in [6.07, 6.45) is 3.80. The molecule has 0 fully saturated rings. The zero-order valence-corrected chi connectivity index (χ0v) is 8.21. The van der Waals surface area contributed by atoms with Gasteiger partial charge in [0.05, 0.1) is 12.1 Å². The predicted molar refractivity (Wildman–Crippen MR) is 56.1 cm³/mol. The van der Waals surface area contributed by atoms with Crippen molar-refractivity contribution in [3.63, 3.8) is 0 Å². The lowest BCUT2D eigenvalue weighted by molar-refractivity contribution is 0.415. The first-order valence-corrected chi connectivity index (χ1v) is 4.36. The van der Waals surface area contributed by atoms with Crippen molar-refractivity contribution >= 4 is 17.7 Å². The first-order valence-electron chi connectivity index (χ1n) is 3.98. The third-order valence-electron chi connectivity index (χ3n) is 1.62. The van der Waals surface area contributed by atoms with E-state index in [1.807, 2.05) is 30.4 Å². The van der Waals surface area contributed by atoms with Crippen molar-refractivity contribution < 1.29 is 4.74 Å². The topological polar surface area (TPSA) is 35.2 Å². The van der Waals surface area contributed by atoms with Crippen LogP contribution >= 0.6 is 11.6 Å². The Balaban J connectivity index is 2.89. The van der Waals surface area contributed by atoms with Crippen molar-refractivity contribution in [2.45, 2.75) is 0 Å². The van der Waals surface area contributed by atoms with Crippen LogP contribution in [0, 0.1) is 0 Å². The molecule has 0 aliphatic rings. The molecular formula is C10H12ClNO. The van der Waals surface area contributed by atoms with Crippen molar-refractivity contribution in [3.8, 4) is 5.75 Å². The quantitative estimate of drug-likeness (QED) is 0.807. The van der Waals surface area contributed by atoms with Gasteiger partial charge in [0.25, 0.3) is 0 Å². The Kier molecular flexibility index (Phi) is 3.80. The van der Waals surface area contributed by atoms with Gasteiger partial charge >= 0.3 is 0 Å². The molecule has 0 saturated carbocycles. The van der Waals surface area contributed by atoms with Crippen LogP contribution in [0.3, 0.4) is 0 Å². The summed E-state index contributed by atoms with van der Waals surface area (Å²) in [4.78, 5) is 0. The van der Waals surface area contributed by atoms with Gasteiger partial charge < -0.3 is 10.5 Å². The van der Waals surface area contributed by atoms with Crippen LogP contribution in [0.5, 0.6) is 5.75 Å². The Labute approximate surface area is 83.0 Å². The fourth-order valence-electron chi connectivity index (χ4n) is 0.990. The molecule has 0 aliphatic carbocycles. The lowest BCUT2D eigenvalue weighted by Crippen LogP contribution is -1.92. The molecule has 0 spiro atoms. The highest BCUT2D eigenvalue weighted by atomic mass is 35.5. The first kappa shape index (κ1) is 10.1. The Morgan fingerprint density at radius 3 is 2.85 bits per heavy atom. The number of benzene rings is 1. The molecule has 0 bridgehead atoms. The van der Waals surface area contributed by atoms with Crippen LogP contribution in [-0.2, 0) is 0 Å². The lowest BCUT2D eigenvalue weighted by atomic mass is 10.2. The third-order valence-corrected chi connectivity index (χ3v) is 1.92. The summed E-state index contributed by atoms with van der Waals surface area (Å²) in [6.45, 7) is 0.531. The van der Waals surface area contributed by atoms with Crippen LogP contribution < -0.4 is 10.5 Å². The fraction of sp³-hybridized carbons (Fsp3) is 0.200. The standard InChI is InChI=1S/C10H12ClNO/c1-13-10-5-4-8(3-2-6-12)7-9(10)11/h2-5,7H,6,12H2,1H3. The Hall–Kier alpha value is -0.990. The number of ether oxygens (including phenoxy) is 1. The van der Waals surface area contributed by atoms with Crippen molar-refractivity contribution in [2.24, 2.45) is 5.73 Å². The third kappa shape index (κ3) is 2.76. The average molecular weight is 198 g/mol. The van der Waals surface area contributed by atoms with E-state index in [4.69, 9.17) is 22.1 Å². The van der Waals surface area contributed by atoms with Gasteiger partial charge in [-0.15, -0.1) is 0 Å². The van der Waals surface area contributed by atoms with E-state index >= 15 is 0 Å². The monoisotopic (exact) mass is 197 g/mol. The summed E-state index contributed by atoms with van der Waals surface area (Å²) in [7, 11) is 1.59. The maximum Gasteiger partial charge on any atom is 0.137 e. The zero-order valence-electron chi connectivity index (χ0n) is 7.46. The average Bonchev–Trinajstić information content (AvgIpc) is 2.15. The highest BCUT2D eigenvalue weighted by molar-refractivity contribution is 6.32. The Morgan fingerprint density at radius 2 is 2.31 bits per heavy atom. The molecule has 0 atom stereocenters. The van der Waals surface area contributed by atoms with Gasteiger partial charge in [-0.05, 0) is 17.7 Å².